The first-order valence-corrected chi connectivity index (χ1v) is 6.80. The molecule has 0 bridgehead atoms. The molecule has 1 rings (SSSR count). The number of ether oxygens (including phenoxy) is 2. The number of halogens is 6. The highest BCUT2D eigenvalue weighted by atomic mass is 32.3. The molecule has 20 heavy (non-hydrogen) atoms. The van der Waals surface area contributed by atoms with Gasteiger partial charge in [0.05, 0.1) is 0 Å². The van der Waals surface area contributed by atoms with Crippen molar-refractivity contribution in [2.75, 3.05) is 11.5 Å². The Bertz CT molecular complexity index is 494. The predicted molar refractivity (Wildman–Crippen MR) is 49.7 cm³/mol. The Morgan fingerprint density at radius 1 is 1.25 bits per heavy atom. The standard InChI is InChI=1S/C6H4F6O6S2/c7-3(8)4-15-5(9,1-19-18-17-11)6(10,16-4)2-20(12,13)14/h1-2H2. The highest BCUT2D eigenvalue weighted by Gasteiger charge is 2.67. The van der Waals surface area contributed by atoms with Crippen molar-refractivity contribution in [3.63, 3.8) is 0 Å². The second kappa shape index (κ2) is 5.87. The van der Waals surface area contributed by atoms with Crippen molar-refractivity contribution >= 4 is 22.3 Å². The van der Waals surface area contributed by atoms with Crippen LogP contribution in [0.25, 0.3) is 0 Å². The lowest BCUT2D eigenvalue weighted by Crippen LogP contribution is -2.51. The van der Waals surface area contributed by atoms with E-state index in [0.717, 1.165) is 0 Å². The van der Waals surface area contributed by atoms with Gasteiger partial charge in [0.15, 0.2) is 5.75 Å². The minimum Gasteiger partial charge on any atom is -0.416 e. The molecule has 0 spiro atoms. The summed E-state index contributed by atoms with van der Waals surface area (Å²) in [7, 11) is -5.66. The highest BCUT2D eigenvalue weighted by molar-refractivity contribution is 7.94. The van der Waals surface area contributed by atoms with Gasteiger partial charge in [-0.15, -0.1) is 8.22 Å². The molecular formula is C6H4F6O6S2. The Morgan fingerprint density at radius 3 is 2.25 bits per heavy atom. The summed E-state index contributed by atoms with van der Waals surface area (Å²) in [4.78, 5) is 0. The molecule has 1 heterocycles. The van der Waals surface area contributed by atoms with Crippen LogP contribution in [0, 0.1) is 0 Å². The third kappa shape index (κ3) is 3.83. The van der Waals surface area contributed by atoms with E-state index in [-0.39, 0.29) is 12.0 Å². The summed E-state index contributed by atoms with van der Waals surface area (Å²) in [5, 5.41) is 2.52. The van der Waals surface area contributed by atoms with E-state index in [1.54, 1.807) is 0 Å². The van der Waals surface area contributed by atoms with Gasteiger partial charge in [0, 0.05) is 12.0 Å². The minimum atomic E-state index is -5.66. The van der Waals surface area contributed by atoms with E-state index in [0.29, 0.717) is 0 Å². The molecule has 14 heteroatoms. The number of hydrogen-bond donors (Lipinski definition) is 0. The van der Waals surface area contributed by atoms with Gasteiger partial charge in [0.2, 0.25) is 0 Å². The first-order valence-electron chi connectivity index (χ1n) is 4.33. The van der Waals surface area contributed by atoms with E-state index in [2.05, 4.69) is 18.9 Å². The summed E-state index contributed by atoms with van der Waals surface area (Å²) in [5.74, 6) is -13.7. The Kier molecular flexibility index (Phi) is 5.04. The van der Waals surface area contributed by atoms with Crippen molar-refractivity contribution in [2.24, 2.45) is 0 Å². The van der Waals surface area contributed by atoms with E-state index in [9.17, 15) is 34.4 Å². The van der Waals surface area contributed by atoms with Gasteiger partial charge in [-0.3, -0.25) is 0 Å². The third-order valence-electron chi connectivity index (χ3n) is 1.90. The van der Waals surface area contributed by atoms with Crippen molar-refractivity contribution in [3.8, 4) is 0 Å². The Hall–Kier alpha value is -0.860. The summed E-state index contributed by atoms with van der Waals surface area (Å²) in [6.45, 7) is 0. The molecule has 1 aliphatic rings. The smallest absolute Gasteiger partial charge is 0.353 e. The molecular weight excluding hydrogens is 346 g/mol. The van der Waals surface area contributed by atoms with Gasteiger partial charge >= 0.3 is 34.0 Å². The zero-order chi connectivity index (χ0) is 15.6. The predicted octanol–water partition coefficient (Wildman–Crippen LogP) is 2.21. The van der Waals surface area contributed by atoms with Crippen molar-refractivity contribution in [2.45, 2.75) is 11.7 Å². The molecule has 6 nitrogen and oxygen atoms in total. The van der Waals surface area contributed by atoms with Gasteiger partial charge in [-0.1, -0.05) is 0 Å². The molecule has 1 fully saturated rings. The molecule has 0 amide bonds. The van der Waals surface area contributed by atoms with Crippen molar-refractivity contribution < 1.29 is 53.3 Å². The fraction of sp³-hybridized carbons (Fsp3) is 0.667. The van der Waals surface area contributed by atoms with E-state index < -0.39 is 45.5 Å². The lowest BCUT2D eigenvalue weighted by atomic mass is 10.2. The van der Waals surface area contributed by atoms with Crippen LogP contribution in [0.15, 0.2) is 12.0 Å². The Balaban J connectivity index is 3.06. The van der Waals surface area contributed by atoms with Crippen LogP contribution in [0.2, 0.25) is 0 Å². The summed E-state index contributed by atoms with van der Waals surface area (Å²) in [6.07, 6.45) is -2.82. The van der Waals surface area contributed by atoms with Crippen molar-refractivity contribution in [1.82, 2.24) is 0 Å². The van der Waals surface area contributed by atoms with E-state index in [4.69, 9.17) is 0 Å². The largest absolute Gasteiger partial charge is 0.416 e. The molecule has 2 unspecified atom stereocenters. The topological polar surface area (TPSA) is 71.1 Å². The molecule has 0 radical (unpaired) electrons. The van der Waals surface area contributed by atoms with E-state index in [1.807, 2.05) is 0 Å². The average Bonchev–Trinajstić information content (AvgIpc) is 2.49. The van der Waals surface area contributed by atoms with Gasteiger partial charge in [-0.25, -0.2) is 0 Å². The molecule has 1 saturated heterocycles. The zero-order valence-electron chi connectivity index (χ0n) is 8.95. The molecule has 0 aromatic rings. The molecule has 0 aromatic carbocycles. The van der Waals surface area contributed by atoms with Gasteiger partial charge in [0.1, 0.15) is 5.75 Å². The monoisotopic (exact) mass is 350 g/mol. The van der Waals surface area contributed by atoms with Gasteiger partial charge < -0.3 is 9.47 Å². The lowest BCUT2D eigenvalue weighted by Gasteiger charge is -2.25. The molecule has 118 valence electrons. The maximum Gasteiger partial charge on any atom is 0.353 e. The first-order chi connectivity index (χ1) is 9.03. The van der Waals surface area contributed by atoms with Crippen LogP contribution in [-0.2, 0) is 29.1 Å². The van der Waals surface area contributed by atoms with Crippen LogP contribution in [0.4, 0.5) is 26.0 Å². The molecule has 0 saturated carbocycles. The summed E-state index contributed by atoms with van der Waals surface area (Å²) >= 11 is -0.311. The number of alkyl halides is 2. The lowest BCUT2D eigenvalue weighted by molar-refractivity contribution is -0.359. The summed E-state index contributed by atoms with van der Waals surface area (Å²) in [5.41, 5.74) is 0. The quantitative estimate of drug-likeness (QED) is 0.182. The second-order valence-electron chi connectivity index (χ2n) is 3.29. The number of rotatable bonds is 6. The molecule has 0 aliphatic carbocycles. The molecule has 1 aliphatic heterocycles. The number of hydrogen-bond acceptors (Lipinski definition) is 7. The normalized spacial score (nSPS) is 30.0. The molecule has 0 N–H and O–H groups in total. The van der Waals surface area contributed by atoms with Gasteiger partial charge in [0.25, 0.3) is 0 Å². The minimum absolute atomic E-state index is 0.311. The maximum absolute atomic E-state index is 14.0. The molecule has 2 atom stereocenters. The van der Waals surface area contributed by atoms with Crippen LogP contribution >= 0.6 is 12.0 Å². The Labute approximate surface area is 111 Å². The van der Waals surface area contributed by atoms with Crippen LogP contribution in [0.1, 0.15) is 0 Å². The van der Waals surface area contributed by atoms with Crippen LogP contribution in [0.5, 0.6) is 0 Å². The zero-order valence-corrected chi connectivity index (χ0v) is 10.6. The average molecular weight is 350 g/mol. The molecule has 0 aromatic heterocycles. The van der Waals surface area contributed by atoms with Crippen molar-refractivity contribution in [3.05, 3.63) is 12.0 Å². The fourth-order valence-corrected chi connectivity index (χ4v) is 2.39. The van der Waals surface area contributed by atoms with Crippen LogP contribution in [-0.4, -0.2) is 31.6 Å². The van der Waals surface area contributed by atoms with Crippen LogP contribution in [0.3, 0.4) is 0 Å². The summed E-state index contributed by atoms with van der Waals surface area (Å²) < 4.78 is 108. The second-order valence-corrected chi connectivity index (χ2v) is 5.31. The highest BCUT2D eigenvalue weighted by Crippen LogP contribution is 2.47. The Morgan fingerprint density at radius 2 is 1.80 bits per heavy atom. The van der Waals surface area contributed by atoms with Crippen LogP contribution < -0.4 is 0 Å². The SMILES string of the molecule is O=S(=O)(F)CC1(F)OC(=C(F)F)OC1(F)CSOOF. The van der Waals surface area contributed by atoms with Gasteiger partial charge in [-0.2, -0.15) is 26.0 Å². The van der Waals surface area contributed by atoms with E-state index in [1.165, 1.54) is 0 Å². The summed E-state index contributed by atoms with van der Waals surface area (Å²) in [6, 6.07) is 0. The third-order valence-corrected chi connectivity index (χ3v) is 3.25. The van der Waals surface area contributed by atoms with Crippen molar-refractivity contribution in [1.29, 1.82) is 0 Å². The van der Waals surface area contributed by atoms with E-state index >= 15 is 0 Å². The van der Waals surface area contributed by atoms with Gasteiger partial charge in [-0.05, 0) is 9.62 Å². The fourth-order valence-electron chi connectivity index (χ4n) is 1.16. The maximum atomic E-state index is 14.0. The first kappa shape index (κ1) is 17.2.